The SMILES string of the molecule is CCCCOC(=O)[C@H](F)[C@@H](Br)C(=O)OCCCC. The van der Waals surface area contributed by atoms with Crippen molar-refractivity contribution in [2.24, 2.45) is 0 Å². The molecule has 0 aromatic heterocycles. The highest BCUT2D eigenvalue weighted by Crippen LogP contribution is 2.14. The maximum atomic E-state index is 13.6. The van der Waals surface area contributed by atoms with Gasteiger partial charge < -0.3 is 9.47 Å². The predicted molar refractivity (Wildman–Crippen MR) is 69.3 cm³/mol. The first-order valence-electron chi connectivity index (χ1n) is 6.16. The summed E-state index contributed by atoms with van der Waals surface area (Å²) in [5.74, 6) is -1.80. The molecule has 0 N–H and O–H groups in total. The zero-order valence-corrected chi connectivity index (χ0v) is 12.4. The molecule has 2 atom stereocenters. The summed E-state index contributed by atoms with van der Waals surface area (Å²) in [7, 11) is 0. The third-order valence-electron chi connectivity index (χ3n) is 2.19. The molecular weight excluding hydrogens is 307 g/mol. The number of carbonyl (C=O) groups excluding carboxylic acids is 2. The molecule has 0 rings (SSSR count). The lowest BCUT2D eigenvalue weighted by molar-refractivity contribution is -0.155. The van der Waals surface area contributed by atoms with Crippen molar-refractivity contribution in [1.29, 1.82) is 0 Å². The van der Waals surface area contributed by atoms with Crippen LogP contribution >= 0.6 is 15.9 Å². The summed E-state index contributed by atoms with van der Waals surface area (Å²) in [5.41, 5.74) is 0. The van der Waals surface area contributed by atoms with Gasteiger partial charge >= 0.3 is 11.9 Å². The fourth-order valence-electron chi connectivity index (χ4n) is 1.03. The van der Waals surface area contributed by atoms with Gasteiger partial charge in [0.25, 0.3) is 0 Å². The van der Waals surface area contributed by atoms with Crippen LogP contribution in [-0.4, -0.2) is 36.2 Å². The lowest BCUT2D eigenvalue weighted by Crippen LogP contribution is -2.35. The zero-order valence-electron chi connectivity index (χ0n) is 10.8. The van der Waals surface area contributed by atoms with Crippen LogP contribution in [0, 0.1) is 0 Å². The van der Waals surface area contributed by atoms with E-state index in [1.165, 1.54) is 0 Å². The van der Waals surface area contributed by atoms with Crippen molar-refractivity contribution in [2.75, 3.05) is 13.2 Å². The molecule has 0 saturated heterocycles. The molecule has 0 aromatic rings. The first-order chi connectivity index (χ1) is 8.54. The maximum Gasteiger partial charge on any atom is 0.342 e. The summed E-state index contributed by atoms with van der Waals surface area (Å²) >= 11 is 2.82. The van der Waals surface area contributed by atoms with Gasteiger partial charge in [-0.3, -0.25) is 4.79 Å². The van der Waals surface area contributed by atoms with E-state index in [2.05, 4.69) is 20.7 Å². The molecule has 0 aromatic carbocycles. The van der Waals surface area contributed by atoms with E-state index in [-0.39, 0.29) is 13.2 Å². The fraction of sp³-hybridized carbons (Fsp3) is 0.833. The third kappa shape index (κ3) is 6.93. The second-order valence-corrected chi connectivity index (χ2v) is 4.83. The van der Waals surface area contributed by atoms with Crippen LogP contribution < -0.4 is 0 Å². The Morgan fingerprint density at radius 1 is 1.06 bits per heavy atom. The van der Waals surface area contributed by atoms with Crippen LogP contribution in [0.25, 0.3) is 0 Å². The molecule has 0 saturated carbocycles. The molecular formula is C12H20BrFO4. The summed E-state index contributed by atoms with van der Waals surface area (Å²) in [6.07, 6.45) is 1.07. The second kappa shape index (κ2) is 10.3. The maximum absolute atomic E-state index is 13.6. The molecule has 0 fully saturated rings. The summed E-state index contributed by atoms with van der Waals surface area (Å²) in [4.78, 5) is 21.3. The van der Waals surface area contributed by atoms with Crippen molar-refractivity contribution in [2.45, 2.75) is 50.5 Å². The van der Waals surface area contributed by atoms with Crippen molar-refractivity contribution in [3.63, 3.8) is 0 Å². The molecule has 0 spiro atoms. The number of rotatable bonds is 9. The summed E-state index contributed by atoms with van der Waals surface area (Å²) < 4.78 is 23.1. The van der Waals surface area contributed by atoms with Gasteiger partial charge in [-0.2, -0.15) is 0 Å². The number of esters is 2. The molecule has 0 aliphatic heterocycles. The molecule has 6 heteroatoms. The molecule has 18 heavy (non-hydrogen) atoms. The van der Waals surface area contributed by atoms with Crippen LogP contribution in [0.4, 0.5) is 4.39 Å². The molecule has 0 bridgehead atoms. The highest BCUT2D eigenvalue weighted by molar-refractivity contribution is 9.10. The number of alkyl halides is 2. The van der Waals surface area contributed by atoms with Gasteiger partial charge in [0.15, 0.2) is 4.83 Å². The Hall–Kier alpha value is -0.650. The van der Waals surface area contributed by atoms with E-state index in [9.17, 15) is 14.0 Å². The van der Waals surface area contributed by atoms with Crippen molar-refractivity contribution >= 4 is 27.9 Å². The first-order valence-corrected chi connectivity index (χ1v) is 7.07. The summed E-state index contributed by atoms with van der Waals surface area (Å²) in [5, 5.41) is 0. The minimum absolute atomic E-state index is 0.167. The van der Waals surface area contributed by atoms with Gasteiger partial charge in [0.1, 0.15) is 0 Å². The van der Waals surface area contributed by atoms with Gasteiger partial charge in [-0.15, -0.1) is 0 Å². The van der Waals surface area contributed by atoms with E-state index >= 15 is 0 Å². The quantitative estimate of drug-likeness (QED) is 0.371. The number of ether oxygens (including phenoxy) is 2. The monoisotopic (exact) mass is 326 g/mol. The number of unbranched alkanes of at least 4 members (excludes halogenated alkanes) is 2. The number of hydrogen-bond donors (Lipinski definition) is 0. The Morgan fingerprint density at radius 3 is 1.94 bits per heavy atom. The molecule has 0 unspecified atom stereocenters. The highest BCUT2D eigenvalue weighted by atomic mass is 79.9. The Labute approximate surface area is 115 Å². The minimum Gasteiger partial charge on any atom is -0.465 e. The normalized spacial score (nSPS) is 13.8. The third-order valence-corrected chi connectivity index (χ3v) is 3.03. The smallest absolute Gasteiger partial charge is 0.342 e. The van der Waals surface area contributed by atoms with Gasteiger partial charge in [-0.25, -0.2) is 9.18 Å². The number of halogens is 2. The van der Waals surface area contributed by atoms with E-state index < -0.39 is 22.9 Å². The molecule has 4 nitrogen and oxygen atoms in total. The fourth-order valence-corrected chi connectivity index (χ4v) is 1.38. The van der Waals surface area contributed by atoms with Gasteiger partial charge in [0, 0.05) is 0 Å². The number of carbonyl (C=O) groups is 2. The van der Waals surface area contributed by atoms with Crippen LogP contribution in [0.5, 0.6) is 0 Å². The molecule has 0 aliphatic rings. The van der Waals surface area contributed by atoms with Gasteiger partial charge in [-0.05, 0) is 12.8 Å². The topological polar surface area (TPSA) is 52.6 Å². The minimum atomic E-state index is -2.03. The Bertz CT molecular complexity index is 234. The first kappa shape index (κ1) is 17.4. The lowest BCUT2D eigenvalue weighted by atomic mass is 10.3. The molecule has 0 heterocycles. The second-order valence-electron chi connectivity index (χ2n) is 3.85. The number of hydrogen-bond acceptors (Lipinski definition) is 4. The lowest BCUT2D eigenvalue weighted by Gasteiger charge is -2.13. The average molecular weight is 327 g/mol. The van der Waals surface area contributed by atoms with E-state index in [1.807, 2.05) is 13.8 Å². The van der Waals surface area contributed by atoms with Gasteiger partial charge in [-0.1, -0.05) is 42.6 Å². The summed E-state index contributed by atoms with van der Waals surface area (Å²) in [6.45, 7) is 4.27. The van der Waals surface area contributed by atoms with E-state index in [1.54, 1.807) is 0 Å². The molecule has 0 aliphatic carbocycles. The van der Waals surface area contributed by atoms with Crippen LogP contribution in [0.1, 0.15) is 39.5 Å². The standard InChI is InChI=1S/C12H20BrFO4/c1-3-5-7-17-11(15)9(13)10(14)12(16)18-8-6-4-2/h9-10H,3-8H2,1-2H3/t9-,10-/m1/s1. The van der Waals surface area contributed by atoms with E-state index in [0.717, 1.165) is 12.8 Å². The Balaban J connectivity index is 4.02. The van der Waals surface area contributed by atoms with Gasteiger partial charge in [0.05, 0.1) is 13.2 Å². The van der Waals surface area contributed by atoms with E-state index in [4.69, 9.17) is 4.74 Å². The van der Waals surface area contributed by atoms with Crippen LogP contribution in [0.3, 0.4) is 0 Å². The molecule has 0 radical (unpaired) electrons. The van der Waals surface area contributed by atoms with Crippen molar-refractivity contribution in [3.8, 4) is 0 Å². The highest BCUT2D eigenvalue weighted by Gasteiger charge is 2.34. The zero-order chi connectivity index (χ0) is 14.0. The summed E-state index contributed by atoms with van der Waals surface area (Å²) in [6, 6.07) is 0. The average Bonchev–Trinajstić information content (AvgIpc) is 2.37. The van der Waals surface area contributed by atoms with Crippen LogP contribution in [0.15, 0.2) is 0 Å². The Kier molecular flexibility index (Phi) is 9.92. The van der Waals surface area contributed by atoms with Crippen molar-refractivity contribution in [3.05, 3.63) is 0 Å². The van der Waals surface area contributed by atoms with Crippen LogP contribution in [0.2, 0.25) is 0 Å². The molecule has 0 amide bonds. The van der Waals surface area contributed by atoms with Gasteiger partial charge in [0.2, 0.25) is 6.17 Å². The van der Waals surface area contributed by atoms with Crippen molar-refractivity contribution in [1.82, 2.24) is 0 Å². The van der Waals surface area contributed by atoms with Crippen LogP contribution in [-0.2, 0) is 19.1 Å². The predicted octanol–water partition coefficient (Wildman–Crippen LogP) is 2.77. The Morgan fingerprint density at radius 2 is 1.50 bits per heavy atom. The van der Waals surface area contributed by atoms with E-state index in [0.29, 0.717) is 12.8 Å². The molecule has 106 valence electrons. The van der Waals surface area contributed by atoms with Crippen molar-refractivity contribution < 1.29 is 23.5 Å². The largest absolute Gasteiger partial charge is 0.465 e.